The third kappa shape index (κ3) is 5.50. The number of rotatable bonds is 7. The molecule has 0 saturated heterocycles. The van der Waals surface area contributed by atoms with Crippen LogP contribution in [0.2, 0.25) is 0 Å². The van der Waals surface area contributed by atoms with Crippen LogP contribution >= 0.6 is 0 Å². The summed E-state index contributed by atoms with van der Waals surface area (Å²) >= 11 is 0. The summed E-state index contributed by atoms with van der Waals surface area (Å²) in [6.07, 6.45) is 0. The highest BCUT2D eigenvalue weighted by atomic mass is 16.6. The van der Waals surface area contributed by atoms with Crippen molar-refractivity contribution in [3.05, 3.63) is 73.8 Å². The van der Waals surface area contributed by atoms with Gasteiger partial charge in [0.2, 0.25) is 0 Å². The van der Waals surface area contributed by atoms with Gasteiger partial charge in [-0.3, -0.25) is 25.0 Å². The van der Waals surface area contributed by atoms with E-state index in [0.29, 0.717) is 5.75 Å². The molecule has 9 nitrogen and oxygen atoms in total. The van der Waals surface area contributed by atoms with Crippen LogP contribution in [0.25, 0.3) is 0 Å². The van der Waals surface area contributed by atoms with Crippen LogP contribution < -0.4 is 10.1 Å². The predicted molar refractivity (Wildman–Crippen MR) is 103 cm³/mol. The molecule has 2 aromatic carbocycles. The minimum Gasteiger partial charge on any atom is -0.492 e. The Balaban J connectivity index is 1.94. The van der Waals surface area contributed by atoms with Crippen molar-refractivity contribution in [1.82, 2.24) is 5.32 Å². The zero-order chi connectivity index (χ0) is 20.9. The van der Waals surface area contributed by atoms with Crippen LogP contribution in [0.1, 0.15) is 36.7 Å². The number of ether oxygens (including phenoxy) is 1. The molecule has 0 heterocycles. The molecule has 0 fully saturated rings. The van der Waals surface area contributed by atoms with Crippen LogP contribution in [0.5, 0.6) is 5.75 Å². The van der Waals surface area contributed by atoms with E-state index < -0.39 is 27.1 Å². The molecule has 0 unspecified atom stereocenters. The number of nitro groups is 2. The molecule has 2 rings (SSSR count). The van der Waals surface area contributed by atoms with Gasteiger partial charge in [0.1, 0.15) is 12.4 Å². The second-order valence-corrected chi connectivity index (χ2v) is 7.13. The molecule has 0 aromatic heterocycles. The van der Waals surface area contributed by atoms with Crippen LogP contribution in [-0.2, 0) is 5.41 Å². The van der Waals surface area contributed by atoms with Gasteiger partial charge >= 0.3 is 0 Å². The van der Waals surface area contributed by atoms with Gasteiger partial charge in [0.15, 0.2) is 0 Å². The average molecular weight is 387 g/mol. The topological polar surface area (TPSA) is 125 Å². The van der Waals surface area contributed by atoms with Crippen molar-refractivity contribution < 1.29 is 19.4 Å². The number of carbonyl (C=O) groups excluding carboxylic acids is 1. The van der Waals surface area contributed by atoms with Crippen LogP contribution in [0.15, 0.2) is 42.5 Å². The fourth-order valence-corrected chi connectivity index (χ4v) is 2.42. The molecular weight excluding hydrogens is 366 g/mol. The Morgan fingerprint density at radius 1 is 1.00 bits per heavy atom. The van der Waals surface area contributed by atoms with E-state index in [4.69, 9.17) is 4.74 Å². The van der Waals surface area contributed by atoms with Gasteiger partial charge in [-0.25, -0.2) is 0 Å². The average Bonchev–Trinajstić information content (AvgIpc) is 2.64. The van der Waals surface area contributed by atoms with E-state index in [2.05, 4.69) is 26.1 Å². The summed E-state index contributed by atoms with van der Waals surface area (Å²) < 4.78 is 5.55. The molecule has 2 aromatic rings. The molecule has 1 amide bonds. The minimum absolute atomic E-state index is 0.0351. The number of non-ortho nitro benzene ring substituents is 2. The number of nitrogens with zero attached hydrogens (tertiary/aromatic N) is 2. The zero-order valence-electron chi connectivity index (χ0n) is 15.8. The zero-order valence-corrected chi connectivity index (χ0v) is 15.8. The number of nitrogens with one attached hydrogen (secondary N) is 1. The second-order valence-electron chi connectivity index (χ2n) is 7.13. The first-order valence-electron chi connectivity index (χ1n) is 8.53. The van der Waals surface area contributed by atoms with Gasteiger partial charge in [0.05, 0.1) is 28.0 Å². The molecule has 0 bridgehead atoms. The minimum atomic E-state index is -0.784. The first-order chi connectivity index (χ1) is 13.1. The van der Waals surface area contributed by atoms with Crippen LogP contribution in [0, 0.1) is 20.2 Å². The van der Waals surface area contributed by atoms with E-state index >= 15 is 0 Å². The highest BCUT2D eigenvalue weighted by Gasteiger charge is 2.19. The van der Waals surface area contributed by atoms with Crippen LogP contribution in [0.3, 0.4) is 0 Å². The number of hydrogen-bond donors (Lipinski definition) is 1. The summed E-state index contributed by atoms with van der Waals surface area (Å²) in [5, 5.41) is 24.3. The van der Waals surface area contributed by atoms with Crippen molar-refractivity contribution in [3.8, 4) is 5.75 Å². The van der Waals surface area contributed by atoms with Crippen LogP contribution in [0.4, 0.5) is 11.4 Å². The lowest BCUT2D eigenvalue weighted by atomic mass is 9.87. The van der Waals surface area contributed by atoms with Crippen LogP contribution in [-0.4, -0.2) is 28.9 Å². The van der Waals surface area contributed by atoms with E-state index in [-0.39, 0.29) is 24.1 Å². The lowest BCUT2D eigenvalue weighted by molar-refractivity contribution is -0.394. The molecule has 9 heteroatoms. The predicted octanol–water partition coefficient (Wildman–Crippen LogP) is 3.61. The van der Waals surface area contributed by atoms with Gasteiger partial charge in [-0.05, 0) is 23.1 Å². The Bertz CT molecular complexity index is 855. The molecule has 28 heavy (non-hydrogen) atoms. The Morgan fingerprint density at radius 2 is 1.54 bits per heavy atom. The summed E-state index contributed by atoms with van der Waals surface area (Å²) in [4.78, 5) is 32.4. The lowest BCUT2D eigenvalue weighted by Gasteiger charge is -2.19. The van der Waals surface area contributed by atoms with Crippen molar-refractivity contribution in [2.45, 2.75) is 26.2 Å². The molecular formula is C19H21N3O6. The highest BCUT2D eigenvalue weighted by molar-refractivity contribution is 5.95. The largest absolute Gasteiger partial charge is 0.492 e. The van der Waals surface area contributed by atoms with Gasteiger partial charge in [-0.2, -0.15) is 0 Å². The van der Waals surface area contributed by atoms with E-state index in [0.717, 1.165) is 18.2 Å². The SMILES string of the molecule is CC(C)(C)c1ccc(OCCNC(=O)c2cc([N+](=O)[O-])cc([N+](=O)[O-])c2)cc1. The number of amides is 1. The van der Waals surface area contributed by atoms with Crippen molar-refractivity contribution in [2.24, 2.45) is 0 Å². The smallest absolute Gasteiger partial charge is 0.277 e. The molecule has 0 atom stereocenters. The Labute approximate surface area is 161 Å². The van der Waals surface area contributed by atoms with E-state index in [1.165, 1.54) is 5.56 Å². The maximum Gasteiger partial charge on any atom is 0.277 e. The lowest BCUT2D eigenvalue weighted by Crippen LogP contribution is -2.28. The van der Waals surface area contributed by atoms with Gasteiger partial charge in [0, 0.05) is 12.1 Å². The Kier molecular flexibility index (Phi) is 6.29. The molecule has 0 aliphatic heterocycles. The molecule has 0 spiro atoms. The summed E-state index contributed by atoms with van der Waals surface area (Å²) in [7, 11) is 0. The fraction of sp³-hybridized carbons (Fsp3) is 0.316. The standard InChI is InChI=1S/C19H21N3O6/c1-19(2,3)14-4-6-17(7-5-14)28-9-8-20-18(23)13-10-15(21(24)25)12-16(11-13)22(26)27/h4-7,10-12H,8-9H2,1-3H3,(H,20,23). The summed E-state index contributed by atoms with van der Waals surface area (Å²) in [5.74, 6) is -0.00767. The maximum atomic E-state index is 12.1. The first-order valence-corrected chi connectivity index (χ1v) is 8.53. The molecule has 0 saturated carbocycles. The number of nitro benzene ring substituents is 2. The second kappa shape index (κ2) is 8.47. The molecule has 0 aliphatic carbocycles. The van der Waals surface area contributed by atoms with Gasteiger partial charge in [0.25, 0.3) is 17.3 Å². The fourth-order valence-electron chi connectivity index (χ4n) is 2.42. The normalized spacial score (nSPS) is 11.0. The summed E-state index contributed by atoms with van der Waals surface area (Å²) in [6.45, 7) is 6.64. The van der Waals surface area contributed by atoms with Gasteiger partial charge in [-0.15, -0.1) is 0 Å². The number of benzene rings is 2. The summed E-state index contributed by atoms with van der Waals surface area (Å²) in [5.41, 5.74) is 0.00728. The number of hydrogen-bond acceptors (Lipinski definition) is 6. The van der Waals surface area contributed by atoms with Crippen molar-refractivity contribution >= 4 is 17.3 Å². The molecule has 148 valence electrons. The molecule has 1 N–H and O–H groups in total. The van der Waals surface area contributed by atoms with E-state index in [1.807, 2.05) is 24.3 Å². The highest BCUT2D eigenvalue weighted by Crippen LogP contribution is 2.24. The van der Waals surface area contributed by atoms with Crippen molar-refractivity contribution in [1.29, 1.82) is 0 Å². The van der Waals surface area contributed by atoms with Gasteiger partial charge < -0.3 is 10.1 Å². The third-order valence-electron chi connectivity index (χ3n) is 3.96. The Hall–Kier alpha value is -3.49. The molecule has 0 radical (unpaired) electrons. The first kappa shape index (κ1) is 20.8. The van der Waals surface area contributed by atoms with Crippen molar-refractivity contribution in [3.63, 3.8) is 0 Å². The van der Waals surface area contributed by atoms with Gasteiger partial charge in [-0.1, -0.05) is 32.9 Å². The molecule has 0 aliphatic rings. The van der Waals surface area contributed by atoms with E-state index in [1.54, 1.807) is 0 Å². The monoisotopic (exact) mass is 387 g/mol. The summed E-state index contributed by atoms with van der Waals surface area (Å²) in [6, 6.07) is 10.4. The number of carbonyl (C=O) groups is 1. The Morgan fingerprint density at radius 3 is 2.00 bits per heavy atom. The van der Waals surface area contributed by atoms with Crippen molar-refractivity contribution in [2.75, 3.05) is 13.2 Å². The quantitative estimate of drug-likeness (QED) is 0.439. The maximum absolute atomic E-state index is 12.1. The third-order valence-corrected chi connectivity index (χ3v) is 3.96. The van der Waals surface area contributed by atoms with E-state index in [9.17, 15) is 25.0 Å².